The summed E-state index contributed by atoms with van der Waals surface area (Å²) in [7, 11) is -3.84. The first-order valence-electron chi connectivity index (χ1n) is 10.4. The number of hydrogen-bond acceptors (Lipinski definition) is 7. The molecule has 2 amide bonds. The second kappa shape index (κ2) is 11.1. The molecule has 0 bridgehead atoms. The van der Waals surface area contributed by atoms with Gasteiger partial charge >= 0.3 is 0 Å². The van der Waals surface area contributed by atoms with Crippen LogP contribution in [-0.2, 0) is 19.6 Å². The highest BCUT2D eigenvalue weighted by molar-refractivity contribution is 9.10. The highest BCUT2D eigenvalue weighted by Crippen LogP contribution is 2.37. The van der Waals surface area contributed by atoms with Crippen molar-refractivity contribution < 1.29 is 22.7 Å². The van der Waals surface area contributed by atoms with Crippen molar-refractivity contribution in [3.05, 3.63) is 86.7 Å². The average Bonchev–Trinajstić information content (AvgIpc) is 3.11. The maximum absolute atomic E-state index is 13.1. The van der Waals surface area contributed by atoms with Gasteiger partial charge < -0.3 is 10.1 Å². The lowest BCUT2D eigenvalue weighted by Crippen LogP contribution is -2.27. The van der Waals surface area contributed by atoms with Gasteiger partial charge in [-0.05, 0) is 84.6 Å². The monoisotopic (exact) mass is 620 g/mol. The Kier molecular flexibility index (Phi) is 8.05. The van der Waals surface area contributed by atoms with Gasteiger partial charge in [-0.15, -0.1) is 0 Å². The van der Waals surface area contributed by atoms with Crippen molar-refractivity contribution in [3.63, 3.8) is 0 Å². The van der Waals surface area contributed by atoms with Gasteiger partial charge in [0.05, 0.1) is 15.5 Å². The SMILES string of the molecule is N=C1S/C(=C\c2cc(Br)ccc2OCC(=O)Nc2ccc(S(N)(=O)=O)cc2)C(=O)N1c1ccc(Cl)cc1. The van der Waals surface area contributed by atoms with Crippen molar-refractivity contribution in [3.8, 4) is 5.75 Å². The minimum Gasteiger partial charge on any atom is -0.483 e. The third kappa shape index (κ3) is 6.59. The predicted molar refractivity (Wildman–Crippen MR) is 148 cm³/mol. The van der Waals surface area contributed by atoms with Gasteiger partial charge in [0.25, 0.3) is 11.8 Å². The van der Waals surface area contributed by atoms with Gasteiger partial charge in [0.1, 0.15) is 5.75 Å². The summed E-state index contributed by atoms with van der Waals surface area (Å²) < 4.78 is 29.2. The van der Waals surface area contributed by atoms with Crippen LogP contribution in [0.4, 0.5) is 11.4 Å². The number of primary sulfonamides is 1. The van der Waals surface area contributed by atoms with E-state index in [0.717, 1.165) is 16.2 Å². The molecule has 1 fully saturated rings. The Morgan fingerprint density at radius 1 is 1.14 bits per heavy atom. The van der Waals surface area contributed by atoms with E-state index >= 15 is 0 Å². The molecule has 0 radical (unpaired) electrons. The molecule has 1 aliphatic rings. The molecule has 1 aliphatic heterocycles. The van der Waals surface area contributed by atoms with Crippen LogP contribution in [0.5, 0.6) is 5.75 Å². The molecule has 190 valence electrons. The van der Waals surface area contributed by atoms with Crippen LogP contribution in [0.15, 0.2) is 81.0 Å². The third-order valence-electron chi connectivity index (χ3n) is 4.99. The summed E-state index contributed by atoms with van der Waals surface area (Å²) in [6.07, 6.45) is 1.60. The molecule has 4 rings (SSSR count). The molecule has 3 aromatic carbocycles. The number of thioether (sulfide) groups is 1. The summed E-state index contributed by atoms with van der Waals surface area (Å²) in [5, 5.41) is 16.5. The summed E-state index contributed by atoms with van der Waals surface area (Å²) in [4.78, 5) is 27.0. The van der Waals surface area contributed by atoms with Crippen LogP contribution in [0.1, 0.15) is 5.56 Å². The van der Waals surface area contributed by atoms with Gasteiger partial charge in [-0.25, -0.2) is 13.6 Å². The smallest absolute Gasteiger partial charge is 0.271 e. The lowest BCUT2D eigenvalue weighted by Gasteiger charge is -2.14. The molecule has 0 aromatic heterocycles. The molecule has 37 heavy (non-hydrogen) atoms. The number of carbonyl (C=O) groups excluding carboxylic acids is 2. The van der Waals surface area contributed by atoms with E-state index in [1.54, 1.807) is 48.5 Å². The number of carbonyl (C=O) groups is 2. The van der Waals surface area contributed by atoms with Crippen LogP contribution < -0.4 is 20.1 Å². The zero-order chi connectivity index (χ0) is 26.7. The Balaban J connectivity index is 1.48. The molecule has 1 saturated heterocycles. The zero-order valence-electron chi connectivity index (χ0n) is 18.8. The second-order valence-corrected chi connectivity index (χ2v) is 11.6. The van der Waals surface area contributed by atoms with Crippen molar-refractivity contribution in [2.75, 3.05) is 16.8 Å². The van der Waals surface area contributed by atoms with E-state index in [9.17, 15) is 18.0 Å². The van der Waals surface area contributed by atoms with Crippen molar-refractivity contribution in [2.45, 2.75) is 4.90 Å². The standard InChI is InChI=1S/C24H18BrClN4O5S2/c25-15-1-10-20(35-13-22(31)29-17-4-8-19(9-5-17)37(28,33)34)14(11-15)12-21-23(32)30(24(27)36-21)18-6-2-16(26)3-7-18/h1-12,27H,13H2,(H,29,31)(H2,28,33,34)/b21-12-,27-24?. The Morgan fingerprint density at radius 3 is 2.46 bits per heavy atom. The van der Waals surface area contributed by atoms with Gasteiger partial charge in [0.2, 0.25) is 10.0 Å². The zero-order valence-corrected chi connectivity index (χ0v) is 22.7. The highest BCUT2D eigenvalue weighted by atomic mass is 79.9. The van der Waals surface area contributed by atoms with E-state index in [4.69, 9.17) is 26.9 Å². The van der Waals surface area contributed by atoms with Gasteiger partial charge in [0.15, 0.2) is 11.8 Å². The number of sulfonamides is 1. The number of halogens is 2. The highest BCUT2D eigenvalue weighted by Gasteiger charge is 2.33. The van der Waals surface area contributed by atoms with Gasteiger partial charge in [-0.1, -0.05) is 27.5 Å². The molecule has 0 saturated carbocycles. The fourth-order valence-electron chi connectivity index (χ4n) is 3.28. The number of benzene rings is 3. The first-order valence-corrected chi connectivity index (χ1v) is 14.0. The number of hydrogen-bond donors (Lipinski definition) is 3. The van der Waals surface area contributed by atoms with Crippen LogP contribution >= 0.6 is 39.3 Å². The Morgan fingerprint density at radius 2 is 1.81 bits per heavy atom. The maximum atomic E-state index is 13.1. The fourth-order valence-corrected chi connectivity index (χ4v) is 5.16. The Labute approximate surface area is 230 Å². The van der Waals surface area contributed by atoms with Crippen molar-refractivity contribution in [1.29, 1.82) is 5.41 Å². The number of nitrogens with zero attached hydrogens (tertiary/aromatic N) is 1. The third-order valence-corrected chi connectivity index (χ3v) is 7.55. The van der Waals surface area contributed by atoms with Crippen LogP contribution in [-0.4, -0.2) is 32.0 Å². The number of nitrogens with two attached hydrogens (primary N) is 1. The van der Waals surface area contributed by atoms with Crippen molar-refractivity contribution >= 4 is 83.7 Å². The fraction of sp³-hybridized carbons (Fsp3) is 0.0417. The largest absolute Gasteiger partial charge is 0.483 e. The molecule has 9 nitrogen and oxygen atoms in total. The lowest BCUT2D eigenvalue weighted by atomic mass is 10.2. The van der Waals surface area contributed by atoms with Crippen LogP contribution in [0, 0.1) is 5.41 Å². The van der Waals surface area contributed by atoms with Gasteiger partial charge in [-0.3, -0.25) is 19.9 Å². The van der Waals surface area contributed by atoms with E-state index < -0.39 is 15.9 Å². The number of nitrogens with one attached hydrogen (secondary N) is 2. The quantitative estimate of drug-likeness (QED) is 0.323. The molecular weight excluding hydrogens is 604 g/mol. The first-order chi connectivity index (χ1) is 17.5. The molecule has 3 aromatic rings. The molecular formula is C24H18BrClN4O5S2. The van der Waals surface area contributed by atoms with Gasteiger partial charge in [-0.2, -0.15) is 0 Å². The van der Waals surface area contributed by atoms with Gasteiger partial charge in [0, 0.05) is 20.7 Å². The molecule has 0 atom stereocenters. The molecule has 13 heteroatoms. The van der Waals surface area contributed by atoms with Crippen LogP contribution in [0.2, 0.25) is 5.02 Å². The minimum atomic E-state index is -3.84. The first kappa shape index (κ1) is 26.9. The normalized spacial score (nSPS) is 14.8. The summed E-state index contributed by atoms with van der Waals surface area (Å²) in [6.45, 7) is -0.345. The minimum absolute atomic E-state index is 0.0452. The topological polar surface area (TPSA) is 143 Å². The molecule has 1 heterocycles. The summed E-state index contributed by atoms with van der Waals surface area (Å²) in [5.74, 6) is -0.504. The number of ether oxygens (including phenoxy) is 1. The van der Waals surface area contributed by atoms with E-state index in [1.807, 2.05) is 0 Å². The Hall–Kier alpha value is -3.16. The number of anilines is 2. The number of amidine groups is 1. The van der Waals surface area contributed by atoms with Crippen molar-refractivity contribution in [2.24, 2.45) is 5.14 Å². The molecule has 0 unspecified atom stereocenters. The van der Waals surface area contributed by atoms with E-state index in [-0.39, 0.29) is 22.6 Å². The average molecular weight is 622 g/mol. The van der Waals surface area contributed by atoms with Crippen molar-refractivity contribution in [1.82, 2.24) is 0 Å². The van der Waals surface area contributed by atoms with Crippen LogP contribution in [0.25, 0.3) is 6.08 Å². The second-order valence-electron chi connectivity index (χ2n) is 7.62. The molecule has 0 aliphatic carbocycles. The Bertz CT molecular complexity index is 1530. The van der Waals surface area contributed by atoms with Crippen LogP contribution in [0.3, 0.4) is 0 Å². The van der Waals surface area contributed by atoms with E-state index in [1.165, 1.54) is 29.2 Å². The van der Waals surface area contributed by atoms with E-state index in [2.05, 4.69) is 21.2 Å². The summed E-state index contributed by atoms with van der Waals surface area (Å²) in [6, 6.07) is 17.1. The van der Waals surface area contributed by atoms with E-state index in [0.29, 0.717) is 32.6 Å². The predicted octanol–water partition coefficient (Wildman–Crippen LogP) is 4.82. The molecule has 4 N–H and O–H groups in total. The summed E-state index contributed by atoms with van der Waals surface area (Å²) >= 11 is 10.3. The number of rotatable bonds is 7. The lowest BCUT2D eigenvalue weighted by molar-refractivity contribution is -0.118. The molecule has 0 spiro atoms. The maximum Gasteiger partial charge on any atom is 0.271 e. The number of amides is 2. The summed E-state index contributed by atoms with van der Waals surface area (Å²) in [5.41, 5.74) is 1.42.